The number of hydrogen-bond acceptors (Lipinski definition) is 6. The minimum Gasteiger partial charge on any atom is -0.493 e. The van der Waals surface area contributed by atoms with Crippen LogP contribution in [0.3, 0.4) is 0 Å². The number of carbonyl (C=O) groups excluding carboxylic acids is 1. The Bertz CT molecular complexity index is 1210. The third kappa shape index (κ3) is 6.17. The van der Waals surface area contributed by atoms with Gasteiger partial charge in [0.2, 0.25) is 0 Å². The van der Waals surface area contributed by atoms with E-state index < -0.39 is 16.8 Å². The average molecular weight is 448 g/mol. The van der Waals surface area contributed by atoms with Crippen LogP contribution in [-0.4, -0.2) is 29.0 Å². The van der Waals surface area contributed by atoms with E-state index in [1.807, 2.05) is 0 Å². The maximum Gasteiger partial charge on any atom is 0.352 e. The van der Waals surface area contributed by atoms with Gasteiger partial charge in [-0.3, -0.25) is 14.9 Å². The molecule has 0 aliphatic carbocycles. The number of carboxylic acids is 1. The lowest BCUT2D eigenvalue weighted by Crippen LogP contribution is -2.27. The van der Waals surface area contributed by atoms with E-state index in [2.05, 4.69) is 5.32 Å². The first-order chi connectivity index (χ1) is 15.9. The zero-order valence-corrected chi connectivity index (χ0v) is 17.6. The van der Waals surface area contributed by atoms with Crippen LogP contribution in [0.25, 0.3) is 6.08 Å². The molecule has 0 fully saturated rings. The summed E-state index contributed by atoms with van der Waals surface area (Å²) in [5.41, 5.74) is 1.04. The Balaban J connectivity index is 1.77. The molecule has 0 spiro atoms. The molecular weight excluding hydrogens is 428 g/mol. The number of benzene rings is 3. The number of hydrogen-bond donors (Lipinski definition) is 2. The average Bonchev–Trinajstić information content (AvgIpc) is 2.83. The first kappa shape index (κ1) is 23.0. The van der Waals surface area contributed by atoms with Crippen molar-refractivity contribution in [1.29, 1.82) is 0 Å². The van der Waals surface area contributed by atoms with E-state index in [9.17, 15) is 24.8 Å². The number of nitro groups is 1. The molecule has 0 heterocycles. The molecule has 2 N–H and O–H groups in total. The number of nitrogens with one attached hydrogen (secondary N) is 1. The lowest BCUT2D eigenvalue weighted by Gasteiger charge is -2.12. The summed E-state index contributed by atoms with van der Waals surface area (Å²) >= 11 is 0. The molecule has 33 heavy (non-hydrogen) atoms. The van der Waals surface area contributed by atoms with E-state index in [-0.39, 0.29) is 18.0 Å². The lowest BCUT2D eigenvalue weighted by atomic mass is 10.1. The van der Waals surface area contributed by atoms with E-state index in [1.54, 1.807) is 60.7 Å². The summed E-state index contributed by atoms with van der Waals surface area (Å²) in [7, 11) is 1.43. The van der Waals surface area contributed by atoms with Gasteiger partial charge in [0.05, 0.1) is 12.0 Å². The Morgan fingerprint density at radius 2 is 1.79 bits per heavy atom. The van der Waals surface area contributed by atoms with E-state index in [4.69, 9.17) is 9.47 Å². The number of amides is 1. The zero-order valence-electron chi connectivity index (χ0n) is 17.6. The van der Waals surface area contributed by atoms with E-state index >= 15 is 0 Å². The van der Waals surface area contributed by atoms with Crippen LogP contribution in [0.2, 0.25) is 0 Å². The molecule has 3 rings (SSSR count). The first-order valence-electron chi connectivity index (χ1n) is 9.73. The summed E-state index contributed by atoms with van der Waals surface area (Å²) in [4.78, 5) is 34.4. The number of carbonyl (C=O) groups is 2. The zero-order chi connectivity index (χ0) is 23.8. The predicted molar refractivity (Wildman–Crippen MR) is 120 cm³/mol. The van der Waals surface area contributed by atoms with Crippen LogP contribution in [0.5, 0.6) is 11.5 Å². The Kier molecular flexibility index (Phi) is 7.38. The fraction of sp³-hybridized carbons (Fsp3) is 0.0833. The number of nitrogens with zero attached hydrogens (tertiary/aromatic N) is 1. The Morgan fingerprint density at radius 1 is 1.03 bits per heavy atom. The molecular formula is C24H20N2O7. The van der Waals surface area contributed by atoms with Crippen molar-refractivity contribution >= 4 is 23.6 Å². The third-order valence-electron chi connectivity index (χ3n) is 4.53. The van der Waals surface area contributed by atoms with Gasteiger partial charge in [-0.1, -0.05) is 36.4 Å². The maximum absolute atomic E-state index is 12.3. The van der Waals surface area contributed by atoms with Gasteiger partial charge >= 0.3 is 5.97 Å². The number of nitro benzene ring substituents is 1. The quantitative estimate of drug-likeness (QED) is 0.287. The van der Waals surface area contributed by atoms with Gasteiger partial charge in [0.1, 0.15) is 12.3 Å². The van der Waals surface area contributed by atoms with Gasteiger partial charge in [0, 0.05) is 17.7 Å². The summed E-state index contributed by atoms with van der Waals surface area (Å²) in [5.74, 6) is -1.16. The summed E-state index contributed by atoms with van der Waals surface area (Å²) in [6.07, 6.45) is 1.30. The summed E-state index contributed by atoms with van der Waals surface area (Å²) < 4.78 is 11.1. The number of ether oxygens (including phenoxy) is 2. The molecule has 0 saturated heterocycles. The number of carboxylic acid groups (broad SMARTS) is 1. The minimum atomic E-state index is -1.30. The van der Waals surface area contributed by atoms with Crippen molar-refractivity contribution in [3.63, 3.8) is 0 Å². The van der Waals surface area contributed by atoms with Gasteiger partial charge in [-0.2, -0.15) is 0 Å². The summed E-state index contributed by atoms with van der Waals surface area (Å²) in [6.45, 7) is 0.0702. The molecule has 1 amide bonds. The second-order valence-electron chi connectivity index (χ2n) is 6.81. The normalized spacial score (nSPS) is 10.9. The molecule has 0 unspecified atom stereocenters. The van der Waals surface area contributed by atoms with E-state index in [0.29, 0.717) is 28.2 Å². The first-order valence-corrected chi connectivity index (χ1v) is 9.73. The molecule has 9 heteroatoms. The number of rotatable bonds is 9. The minimum absolute atomic E-state index is 0.0395. The highest BCUT2D eigenvalue weighted by atomic mass is 16.6. The SMILES string of the molecule is COc1cc(C=C(NC(=O)c2ccccc2)C(=O)O)ccc1OCc1cccc([N+](=O)[O-])c1. The van der Waals surface area contributed by atoms with Crippen LogP contribution < -0.4 is 14.8 Å². The molecule has 0 radical (unpaired) electrons. The second kappa shape index (κ2) is 10.6. The van der Waals surface area contributed by atoms with Crippen LogP contribution in [0, 0.1) is 10.1 Å². The van der Waals surface area contributed by atoms with Crippen molar-refractivity contribution in [3.8, 4) is 11.5 Å². The van der Waals surface area contributed by atoms with Gasteiger partial charge in [-0.05, 0) is 41.5 Å². The Labute approximate surface area is 189 Å². The monoisotopic (exact) mass is 448 g/mol. The third-order valence-corrected chi connectivity index (χ3v) is 4.53. The molecule has 168 valence electrons. The fourth-order valence-corrected chi connectivity index (χ4v) is 2.92. The molecule has 0 atom stereocenters. The molecule has 3 aromatic rings. The highest BCUT2D eigenvalue weighted by molar-refractivity contribution is 6.02. The largest absolute Gasteiger partial charge is 0.493 e. The highest BCUT2D eigenvalue weighted by Crippen LogP contribution is 2.30. The summed E-state index contributed by atoms with van der Waals surface area (Å²) in [5, 5.41) is 22.8. The van der Waals surface area contributed by atoms with Crippen molar-refractivity contribution in [2.75, 3.05) is 7.11 Å². The van der Waals surface area contributed by atoms with Crippen molar-refractivity contribution in [2.45, 2.75) is 6.61 Å². The van der Waals surface area contributed by atoms with Crippen molar-refractivity contribution in [1.82, 2.24) is 5.32 Å². The van der Waals surface area contributed by atoms with Gasteiger partial charge in [0.25, 0.3) is 11.6 Å². The smallest absolute Gasteiger partial charge is 0.352 e. The van der Waals surface area contributed by atoms with E-state index in [1.165, 1.54) is 25.3 Å². The molecule has 0 saturated carbocycles. The van der Waals surface area contributed by atoms with Crippen LogP contribution >= 0.6 is 0 Å². The fourth-order valence-electron chi connectivity index (χ4n) is 2.92. The number of non-ortho nitro benzene ring substituents is 1. The highest BCUT2D eigenvalue weighted by Gasteiger charge is 2.14. The van der Waals surface area contributed by atoms with Crippen LogP contribution in [0.15, 0.2) is 78.5 Å². The van der Waals surface area contributed by atoms with Crippen LogP contribution in [-0.2, 0) is 11.4 Å². The van der Waals surface area contributed by atoms with Crippen LogP contribution in [0.1, 0.15) is 21.5 Å². The Morgan fingerprint density at radius 3 is 2.45 bits per heavy atom. The molecule has 0 aliphatic heterocycles. The number of methoxy groups -OCH3 is 1. The molecule has 0 bridgehead atoms. The second-order valence-corrected chi connectivity index (χ2v) is 6.81. The molecule has 0 aromatic heterocycles. The van der Waals surface area contributed by atoms with Crippen molar-refractivity contribution in [2.24, 2.45) is 0 Å². The van der Waals surface area contributed by atoms with Crippen molar-refractivity contribution < 1.29 is 29.1 Å². The molecule has 9 nitrogen and oxygen atoms in total. The van der Waals surface area contributed by atoms with Crippen LogP contribution in [0.4, 0.5) is 5.69 Å². The standard InChI is InChI=1S/C24H20N2O7/c1-32-22-14-16(13-20(24(28)29)25-23(27)18-7-3-2-4-8-18)10-11-21(22)33-15-17-6-5-9-19(12-17)26(30)31/h2-14H,15H2,1H3,(H,25,27)(H,28,29). The summed E-state index contributed by atoms with van der Waals surface area (Å²) in [6, 6.07) is 19.1. The van der Waals surface area contributed by atoms with Gasteiger partial charge in [-0.25, -0.2) is 4.79 Å². The van der Waals surface area contributed by atoms with E-state index in [0.717, 1.165) is 0 Å². The number of aliphatic carboxylic acids is 1. The molecule has 3 aromatic carbocycles. The Hall–Kier alpha value is -4.66. The lowest BCUT2D eigenvalue weighted by molar-refractivity contribution is -0.384. The topological polar surface area (TPSA) is 128 Å². The maximum atomic E-state index is 12.3. The van der Waals surface area contributed by atoms with Gasteiger partial charge in [-0.15, -0.1) is 0 Å². The van der Waals surface area contributed by atoms with Crippen molar-refractivity contribution in [3.05, 3.63) is 105 Å². The van der Waals surface area contributed by atoms with Gasteiger partial charge < -0.3 is 19.9 Å². The molecule has 0 aliphatic rings. The predicted octanol–water partition coefficient (Wildman–Crippen LogP) is 4.04. The van der Waals surface area contributed by atoms with Gasteiger partial charge in [0.15, 0.2) is 11.5 Å².